The standard InChI is InChI=1S/C22H20N2O5/c1-14(25)17-7-5-8-19(12-17)24-21(26)15(2)29-22(27)18(13-23)10-16-6-4-9-20(11-16)28-3/h4-12,15H,1-3H3,(H,24,26)/b18-10+/t15-/m1/s1. The van der Waals surface area contributed by atoms with Crippen molar-refractivity contribution in [2.24, 2.45) is 0 Å². The van der Waals surface area contributed by atoms with E-state index < -0.39 is 18.0 Å². The van der Waals surface area contributed by atoms with Crippen molar-refractivity contribution in [3.63, 3.8) is 0 Å². The molecule has 0 unspecified atom stereocenters. The Morgan fingerprint density at radius 2 is 1.86 bits per heavy atom. The summed E-state index contributed by atoms with van der Waals surface area (Å²) in [6.45, 7) is 2.81. The van der Waals surface area contributed by atoms with Crippen molar-refractivity contribution in [2.75, 3.05) is 12.4 Å². The largest absolute Gasteiger partial charge is 0.497 e. The highest BCUT2D eigenvalue weighted by atomic mass is 16.5. The summed E-state index contributed by atoms with van der Waals surface area (Å²) in [5.41, 5.74) is 1.17. The number of hydrogen-bond donors (Lipinski definition) is 1. The molecule has 0 heterocycles. The molecule has 0 radical (unpaired) electrons. The summed E-state index contributed by atoms with van der Waals surface area (Å²) in [5, 5.41) is 11.8. The molecule has 2 aromatic rings. The smallest absolute Gasteiger partial charge is 0.349 e. The lowest BCUT2D eigenvalue weighted by Crippen LogP contribution is -2.30. The van der Waals surface area contributed by atoms with Crippen LogP contribution in [0, 0.1) is 11.3 Å². The van der Waals surface area contributed by atoms with Crippen molar-refractivity contribution in [1.29, 1.82) is 5.26 Å². The third-order valence-corrected chi connectivity index (χ3v) is 3.93. The zero-order chi connectivity index (χ0) is 21.4. The average molecular weight is 392 g/mol. The summed E-state index contributed by atoms with van der Waals surface area (Å²) in [6, 6.07) is 15.0. The number of ketones is 1. The lowest BCUT2D eigenvalue weighted by Gasteiger charge is -2.13. The molecule has 0 bridgehead atoms. The summed E-state index contributed by atoms with van der Waals surface area (Å²) < 4.78 is 10.2. The van der Waals surface area contributed by atoms with Crippen molar-refractivity contribution in [3.8, 4) is 11.8 Å². The molecule has 1 N–H and O–H groups in total. The number of carbonyl (C=O) groups excluding carboxylic acids is 3. The van der Waals surface area contributed by atoms with Crippen LogP contribution in [0.3, 0.4) is 0 Å². The zero-order valence-electron chi connectivity index (χ0n) is 16.3. The minimum Gasteiger partial charge on any atom is -0.497 e. The van der Waals surface area contributed by atoms with Gasteiger partial charge in [0.1, 0.15) is 17.4 Å². The molecule has 0 aliphatic heterocycles. The molecule has 0 aliphatic rings. The van der Waals surface area contributed by atoms with Gasteiger partial charge >= 0.3 is 5.97 Å². The van der Waals surface area contributed by atoms with Gasteiger partial charge in [-0.1, -0.05) is 24.3 Å². The topological polar surface area (TPSA) is 105 Å². The van der Waals surface area contributed by atoms with Gasteiger partial charge in [-0.25, -0.2) is 4.79 Å². The lowest BCUT2D eigenvalue weighted by atomic mass is 10.1. The number of benzene rings is 2. The van der Waals surface area contributed by atoms with E-state index in [1.54, 1.807) is 48.5 Å². The van der Waals surface area contributed by atoms with Crippen molar-refractivity contribution in [2.45, 2.75) is 20.0 Å². The molecule has 7 nitrogen and oxygen atoms in total. The van der Waals surface area contributed by atoms with E-state index in [0.717, 1.165) is 0 Å². The quantitative estimate of drug-likeness (QED) is 0.335. The van der Waals surface area contributed by atoms with E-state index >= 15 is 0 Å². The van der Waals surface area contributed by atoms with Crippen LogP contribution < -0.4 is 10.1 Å². The van der Waals surface area contributed by atoms with Crippen molar-refractivity contribution < 1.29 is 23.9 Å². The highest BCUT2D eigenvalue weighted by Crippen LogP contribution is 2.16. The summed E-state index contributed by atoms with van der Waals surface area (Å²) in [6.07, 6.45) is 0.205. The summed E-state index contributed by atoms with van der Waals surface area (Å²) in [7, 11) is 1.51. The predicted molar refractivity (Wildman–Crippen MR) is 107 cm³/mol. The minimum absolute atomic E-state index is 0.137. The van der Waals surface area contributed by atoms with Crippen LogP contribution in [0.15, 0.2) is 54.1 Å². The number of anilines is 1. The number of hydrogen-bond acceptors (Lipinski definition) is 6. The van der Waals surface area contributed by atoms with Gasteiger partial charge in [-0.3, -0.25) is 9.59 Å². The van der Waals surface area contributed by atoms with E-state index in [2.05, 4.69) is 5.32 Å². The molecule has 0 spiro atoms. The van der Waals surface area contributed by atoms with Gasteiger partial charge in [0, 0.05) is 11.3 Å². The Hall–Kier alpha value is -3.92. The number of rotatable bonds is 7. The zero-order valence-corrected chi connectivity index (χ0v) is 16.3. The number of nitrogens with zero attached hydrogens (tertiary/aromatic N) is 1. The normalized spacial score (nSPS) is 11.7. The van der Waals surface area contributed by atoms with Crippen LogP contribution in [-0.2, 0) is 14.3 Å². The first-order valence-electron chi connectivity index (χ1n) is 8.72. The number of nitriles is 1. The van der Waals surface area contributed by atoms with Crippen LogP contribution in [0.5, 0.6) is 5.75 Å². The molecule has 2 aromatic carbocycles. The minimum atomic E-state index is -1.15. The third-order valence-electron chi connectivity index (χ3n) is 3.93. The molecule has 0 saturated carbocycles. The monoisotopic (exact) mass is 392 g/mol. The van der Waals surface area contributed by atoms with Crippen LogP contribution in [0.1, 0.15) is 29.8 Å². The van der Waals surface area contributed by atoms with Gasteiger partial charge in [-0.05, 0) is 49.8 Å². The van der Waals surface area contributed by atoms with Crippen LogP contribution in [0.25, 0.3) is 6.08 Å². The van der Waals surface area contributed by atoms with E-state index in [-0.39, 0.29) is 11.4 Å². The number of esters is 1. The number of amides is 1. The molecule has 148 valence electrons. The second kappa shape index (κ2) is 9.85. The van der Waals surface area contributed by atoms with Gasteiger partial charge in [0.05, 0.1) is 7.11 Å². The summed E-state index contributed by atoms with van der Waals surface area (Å²) in [4.78, 5) is 36.0. The highest BCUT2D eigenvalue weighted by Gasteiger charge is 2.21. The van der Waals surface area contributed by atoms with Gasteiger partial charge in [-0.15, -0.1) is 0 Å². The number of methoxy groups -OCH3 is 1. The van der Waals surface area contributed by atoms with E-state index in [4.69, 9.17) is 9.47 Å². The van der Waals surface area contributed by atoms with Gasteiger partial charge in [0.25, 0.3) is 5.91 Å². The molecule has 1 atom stereocenters. The van der Waals surface area contributed by atoms with Crippen molar-refractivity contribution in [3.05, 3.63) is 65.2 Å². The van der Waals surface area contributed by atoms with E-state index in [1.807, 2.05) is 0 Å². The van der Waals surface area contributed by atoms with E-state index in [0.29, 0.717) is 22.6 Å². The fourth-order valence-corrected chi connectivity index (χ4v) is 2.37. The fourth-order valence-electron chi connectivity index (χ4n) is 2.37. The average Bonchev–Trinajstić information content (AvgIpc) is 2.72. The van der Waals surface area contributed by atoms with Crippen LogP contribution in [0.2, 0.25) is 0 Å². The molecule has 0 saturated heterocycles. The van der Waals surface area contributed by atoms with Crippen LogP contribution in [-0.4, -0.2) is 30.9 Å². The van der Waals surface area contributed by atoms with Gasteiger partial charge < -0.3 is 14.8 Å². The van der Waals surface area contributed by atoms with Gasteiger partial charge in [0.15, 0.2) is 11.9 Å². The maximum absolute atomic E-state index is 12.3. The Morgan fingerprint density at radius 3 is 2.52 bits per heavy atom. The molecule has 0 aromatic heterocycles. The Balaban J connectivity index is 2.06. The van der Waals surface area contributed by atoms with E-state index in [1.165, 1.54) is 33.1 Å². The highest BCUT2D eigenvalue weighted by molar-refractivity contribution is 6.01. The Bertz CT molecular complexity index is 1000. The number of ether oxygens (including phenoxy) is 2. The number of nitrogens with one attached hydrogen (secondary N) is 1. The molecule has 0 fully saturated rings. The SMILES string of the molecule is COc1cccc(/C=C(\C#N)C(=O)O[C@H](C)C(=O)Nc2cccc(C(C)=O)c2)c1. The molecule has 2 rings (SSSR count). The van der Waals surface area contributed by atoms with E-state index in [9.17, 15) is 19.6 Å². The predicted octanol–water partition coefficient (Wildman–Crippen LogP) is 3.38. The van der Waals surface area contributed by atoms with Crippen molar-refractivity contribution in [1.82, 2.24) is 0 Å². The molecular weight excluding hydrogens is 372 g/mol. The Labute approximate surface area is 168 Å². The van der Waals surface area contributed by atoms with Crippen molar-refractivity contribution >= 4 is 29.4 Å². The molecule has 29 heavy (non-hydrogen) atoms. The third kappa shape index (κ3) is 6.04. The summed E-state index contributed by atoms with van der Waals surface area (Å²) in [5.74, 6) is -1.07. The summed E-state index contributed by atoms with van der Waals surface area (Å²) >= 11 is 0. The van der Waals surface area contributed by atoms with Crippen LogP contribution >= 0.6 is 0 Å². The fraction of sp³-hybridized carbons (Fsp3) is 0.182. The molecule has 7 heteroatoms. The second-order valence-electron chi connectivity index (χ2n) is 6.12. The van der Waals surface area contributed by atoms with Crippen LogP contribution in [0.4, 0.5) is 5.69 Å². The Kier molecular flexibility index (Phi) is 7.26. The first kappa shape index (κ1) is 21.4. The maximum atomic E-state index is 12.3. The Morgan fingerprint density at radius 1 is 1.14 bits per heavy atom. The molecular formula is C22H20N2O5. The first-order valence-corrected chi connectivity index (χ1v) is 8.72. The maximum Gasteiger partial charge on any atom is 0.349 e. The molecule has 1 amide bonds. The number of Topliss-reactive ketones (excluding diaryl/α,β-unsaturated/α-hetero) is 1. The van der Waals surface area contributed by atoms with Gasteiger partial charge in [-0.2, -0.15) is 5.26 Å². The molecule has 0 aliphatic carbocycles. The second-order valence-corrected chi connectivity index (χ2v) is 6.12. The van der Waals surface area contributed by atoms with Gasteiger partial charge in [0.2, 0.25) is 0 Å². The first-order chi connectivity index (χ1) is 13.8. The lowest BCUT2D eigenvalue weighted by molar-refractivity contribution is -0.148. The number of carbonyl (C=O) groups is 3.